The van der Waals surface area contributed by atoms with Crippen molar-refractivity contribution in [3.05, 3.63) is 54.6 Å². The average Bonchev–Trinajstić information content (AvgIpc) is 2.55. The first-order valence-electron chi connectivity index (χ1n) is 6.81. The van der Waals surface area contributed by atoms with Gasteiger partial charge in [0.1, 0.15) is 17.2 Å². The number of methoxy groups -OCH3 is 1. The second kappa shape index (κ2) is 7.26. The van der Waals surface area contributed by atoms with Gasteiger partial charge in [0.15, 0.2) is 0 Å². The molecule has 2 aromatic rings. The molecule has 5 nitrogen and oxygen atoms in total. The molecule has 0 atom stereocenters. The Hall–Kier alpha value is -3.08. The molecule has 0 aromatic heterocycles. The van der Waals surface area contributed by atoms with Gasteiger partial charge < -0.3 is 14.2 Å². The van der Waals surface area contributed by atoms with Crippen LogP contribution in [0.15, 0.2) is 54.6 Å². The van der Waals surface area contributed by atoms with Gasteiger partial charge >= 0.3 is 5.97 Å². The minimum atomic E-state index is -0.491. The fourth-order valence-electron chi connectivity index (χ4n) is 1.94. The molecule has 0 saturated carbocycles. The van der Waals surface area contributed by atoms with Gasteiger partial charge in [0.25, 0.3) is 6.47 Å². The third-order valence-electron chi connectivity index (χ3n) is 3.08. The first-order chi connectivity index (χ1) is 11.0. The molecule has 2 aromatic carbocycles. The van der Waals surface area contributed by atoms with Gasteiger partial charge in [-0.05, 0) is 36.8 Å². The normalized spacial score (nSPS) is 9.83. The molecular weight excluding hydrogens is 296 g/mol. The molecule has 118 valence electrons. The number of esters is 1. The van der Waals surface area contributed by atoms with Crippen molar-refractivity contribution in [2.45, 2.75) is 6.92 Å². The predicted molar refractivity (Wildman–Crippen MR) is 85.6 cm³/mol. The highest BCUT2D eigenvalue weighted by atomic mass is 16.5. The summed E-state index contributed by atoms with van der Waals surface area (Å²) in [5.74, 6) is 0.894. The quantitative estimate of drug-likeness (QED) is 0.354. The Labute approximate surface area is 134 Å². The Morgan fingerprint density at radius 1 is 1.09 bits per heavy atom. The van der Waals surface area contributed by atoms with E-state index in [1.54, 1.807) is 49.4 Å². The highest BCUT2D eigenvalue weighted by Gasteiger charge is 2.11. The number of rotatable bonds is 6. The smallest absolute Gasteiger partial charge is 0.338 e. The number of carbonyl (C=O) groups is 2. The van der Waals surface area contributed by atoms with E-state index in [4.69, 9.17) is 14.2 Å². The van der Waals surface area contributed by atoms with E-state index < -0.39 is 5.97 Å². The van der Waals surface area contributed by atoms with E-state index in [9.17, 15) is 9.59 Å². The SMILES string of the molecule is C=C(C)C(=O)Oc1ccc(-c2ccc(OC=O)cc2)c(OC)c1. The Bertz CT molecular complexity index is 732. The molecule has 0 aliphatic rings. The van der Waals surface area contributed by atoms with Crippen molar-refractivity contribution < 1.29 is 23.8 Å². The molecule has 0 aliphatic heterocycles. The minimum absolute atomic E-state index is 0.318. The lowest BCUT2D eigenvalue weighted by Gasteiger charge is -2.11. The van der Waals surface area contributed by atoms with Gasteiger partial charge in [-0.3, -0.25) is 4.79 Å². The van der Waals surface area contributed by atoms with Crippen LogP contribution in [0.5, 0.6) is 17.2 Å². The van der Waals surface area contributed by atoms with Crippen LogP contribution in [0.2, 0.25) is 0 Å². The molecule has 0 unspecified atom stereocenters. The van der Waals surface area contributed by atoms with Crippen molar-refractivity contribution >= 4 is 12.4 Å². The van der Waals surface area contributed by atoms with Crippen molar-refractivity contribution in [2.24, 2.45) is 0 Å². The Kier molecular flexibility index (Phi) is 5.15. The zero-order valence-electron chi connectivity index (χ0n) is 12.9. The summed E-state index contributed by atoms with van der Waals surface area (Å²) in [6, 6.07) is 12.1. The van der Waals surface area contributed by atoms with Gasteiger partial charge in [-0.2, -0.15) is 0 Å². The number of carbonyl (C=O) groups excluding carboxylic acids is 2. The zero-order valence-corrected chi connectivity index (χ0v) is 12.9. The first-order valence-corrected chi connectivity index (χ1v) is 6.81. The van der Waals surface area contributed by atoms with Crippen molar-refractivity contribution in [1.82, 2.24) is 0 Å². The van der Waals surface area contributed by atoms with Crippen molar-refractivity contribution in [3.8, 4) is 28.4 Å². The van der Waals surface area contributed by atoms with Crippen LogP contribution < -0.4 is 14.2 Å². The monoisotopic (exact) mass is 312 g/mol. The summed E-state index contributed by atoms with van der Waals surface area (Å²) in [6.07, 6.45) is 0. The molecule has 0 bridgehead atoms. The molecule has 0 aliphatic carbocycles. The van der Waals surface area contributed by atoms with Crippen molar-refractivity contribution in [1.29, 1.82) is 0 Å². The Morgan fingerprint density at radius 2 is 1.74 bits per heavy atom. The lowest BCUT2D eigenvalue weighted by atomic mass is 10.0. The summed E-state index contributed by atoms with van der Waals surface area (Å²) in [4.78, 5) is 21.9. The van der Waals surface area contributed by atoms with Gasteiger partial charge in [-0.15, -0.1) is 0 Å². The summed E-state index contributed by atoms with van der Waals surface area (Å²) < 4.78 is 15.3. The molecule has 5 heteroatoms. The summed E-state index contributed by atoms with van der Waals surface area (Å²) in [5, 5.41) is 0. The van der Waals surface area contributed by atoms with E-state index >= 15 is 0 Å². The third-order valence-corrected chi connectivity index (χ3v) is 3.08. The van der Waals surface area contributed by atoms with E-state index in [2.05, 4.69) is 6.58 Å². The molecule has 0 heterocycles. The van der Waals surface area contributed by atoms with E-state index in [1.807, 2.05) is 0 Å². The van der Waals surface area contributed by atoms with Gasteiger partial charge in [0.2, 0.25) is 0 Å². The first kappa shape index (κ1) is 16.3. The molecule has 0 spiro atoms. The lowest BCUT2D eigenvalue weighted by molar-refractivity contribution is -0.130. The Morgan fingerprint density at radius 3 is 2.30 bits per heavy atom. The van der Waals surface area contributed by atoms with Gasteiger partial charge in [0, 0.05) is 17.2 Å². The topological polar surface area (TPSA) is 61.8 Å². The zero-order chi connectivity index (χ0) is 16.8. The van der Waals surface area contributed by atoms with Crippen LogP contribution in [-0.4, -0.2) is 19.6 Å². The molecular formula is C18H16O5. The van der Waals surface area contributed by atoms with E-state index in [0.29, 0.717) is 29.3 Å². The highest BCUT2D eigenvalue weighted by Crippen LogP contribution is 2.34. The summed E-state index contributed by atoms with van der Waals surface area (Å²) in [6.45, 7) is 5.50. The fourth-order valence-corrected chi connectivity index (χ4v) is 1.94. The van der Waals surface area contributed by atoms with Crippen LogP contribution in [0.4, 0.5) is 0 Å². The van der Waals surface area contributed by atoms with E-state index in [0.717, 1.165) is 11.1 Å². The van der Waals surface area contributed by atoms with E-state index in [-0.39, 0.29) is 0 Å². The van der Waals surface area contributed by atoms with E-state index in [1.165, 1.54) is 7.11 Å². The van der Waals surface area contributed by atoms with Crippen molar-refractivity contribution in [3.63, 3.8) is 0 Å². The number of hydrogen-bond acceptors (Lipinski definition) is 5. The maximum Gasteiger partial charge on any atom is 0.338 e. The maximum absolute atomic E-state index is 11.6. The predicted octanol–water partition coefficient (Wildman–Crippen LogP) is 3.38. The largest absolute Gasteiger partial charge is 0.496 e. The molecule has 2 rings (SSSR count). The standard InChI is InChI=1S/C18H16O5/c1-12(2)18(20)23-15-8-9-16(17(10-15)21-3)13-4-6-14(7-5-13)22-11-19/h4-11H,1H2,2-3H3. The lowest BCUT2D eigenvalue weighted by Crippen LogP contribution is -2.08. The Balaban J connectivity index is 2.30. The molecule has 23 heavy (non-hydrogen) atoms. The number of benzene rings is 2. The summed E-state index contributed by atoms with van der Waals surface area (Å²) >= 11 is 0. The minimum Gasteiger partial charge on any atom is -0.496 e. The van der Waals surface area contributed by atoms with Gasteiger partial charge in [-0.1, -0.05) is 18.7 Å². The molecule has 0 saturated heterocycles. The van der Waals surface area contributed by atoms with Crippen LogP contribution in [0, 0.1) is 0 Å². The van der Waals surface area contributed by atoms with Gasteiger partial charge in [-0.25, -0.2) is 4.79 Å². The van der Waals surface area contributed by atoms with Crippen LogP contribution >= 0.6 is 0 Å². The summed E-state index contributed by atoms with van der Waals surface area (Å²) in [5.41, 5.74) is 2.01. The van der Waals surface area contributed by atoms with Crippen molar-refractivity contribution in [2.75, 3.05) is 7.11 Å². The number of hydrogen-bond donors (Lipinski definition) is 0. The maximum atomic E-state index is 11.6. The molecule has 0 radical (unpaired) electrons. The average molecular weight is 312 g/mol. The highest BCUT2D eigenvalue weighted by molar-refractivity contribution is 5.89. The molecule has 0 amide bonds. The van der Waals surface area contributed by atoms with Crippen LogP contribution in [-0.2, 0) is 9.59 Å². The fraction of sp³-hybridized carbons (Fsp3) is 0.111. The van der Waals surface area contributed by atoms with Crippen LogP contribution in [0.3, 0.4) is 0 Å². The van der Waals surface area contributed by atoms with Crippen LogP contribution in [0.1, 0.15) is 6.92 Å². The van der Waals surface area contributed by atoms with Crippen LogP contribution in [0.25, 0.3) is 11.1 Å². The summed E-state index contributed by atoms with van der Waals surface area (Å²) in [7, 11) is 1.53. The van der Waals surface area contributed by atoms with Gasteiger partial charge in [0.05, 0.1) is 7.11 Å². The third kappa shape index (κ3) is 3.97. The number of ether oxygens (including phenoxy) is 3. The second-order valence-electron chi connectivity index (χ2n) is 4.77. The molecule has 0 N–H and O–H groups in total. The second-order valence-corrected chi connectivity index (χ2v) is 4.77. The molecule has 0 fully saturated rings.